The zero-order chi connectivity index (χ0) is 28.8. The topological polar surface area (TPSA) is 88.6 Å². The number of anilines is 1. The molecular weight excluding hydrogens is 522 g/mol. The number of rotatable bonds is 9. The maximum absolute atomic E-state index is 13.8. The summed E-state index contributed by atoms with van der Waals surface area (Å²) in [6.07, 6.45) is 0. The molecule has 3 aromatic rings. The molecule has 0 saturated carbocycles. The zero-order valence-electron chi connectivity index (χ0n) is 23.5. The van der Waals surface area contributed by atoms with Crippen LogP contribution < -0.4 is 9.64 Å². The summed E-state index contributed by atoms with van der Waals surface area (Å²) in [7, 11) is 1.78. The average Bonchev–Trinajstić information content (AvgIpc) is 3.02. The summed E-state index contributed by atoms with van der Waals surface area (Å²) in [5.74, 6) is -0.633. The fourth-order valence-corrected chi connectivity index (χ4v) is 5.15. The molecule has 214 valence electrons. The highest BCUT2D eigenvalue weighted by Gasteiger charge is 2.32. The summed E-state index contributed by atoms with van der Waals surface area (Å²) in [5, 5.41) is 0. The van der Waals surface area contributed by atoms with Gasteiger partial charge in [-0.05, 0) is 41.8 Å². The number of ether oxygens (including phenoxy) is 3. The summed E-state index contributed by atoms with van der Waals surface area (Å²) in [4.78, 5) is 44.5. The summed E-state index contributed by atoms with van der Waals surface area (Å²) in [6, 6.07) is 23.0. The Labute approximate surface area is 240 Å². The first-order valence-electron chi connectivity index (χ1n) is 13.9. The second-order valence-electron chi connectivity index (χ2n) is 10.1. The minimum Gasteiger partial charge on any atom is -0.482 e. The molecule has 1 fully saturated rings. The molecule has 3 aromatic carbocycles. The summed E-state index contributed by atoms with van der Waals surface area (Å²) in [6.45, 7) is 5.11. The van der Waals surface area contributed by atoms with E-state index in [1.54, 1.807) is 37.1 Å². The molecule has 0 spiro atoms. The number of hydrogen-bond acceptors (Lipinski definition) is 7. The second-order valence-corrected chi connectivity index (χ2v) is 10.1. The van der Waals surface area contributed by atoms with Crippen molar-refractivity contribution in [3.8, 4) is 16.9 Å². The molecule has 1 unspecified atom stereocenters. The number of hydrogen-bond donors (Lipinski definition) is 0. The van der Waals surface area contributed by atoms with Gasteiger partial charge in [0.15, 0.2) is 6.61 Å². The third-order valence-electron chi connectivity index (χ3n) is 7.50. The van der Waals surface area contributed by atoms with Crippen LogP contribution in [0.4, 0.5) is 5.69 Å². The van der Waals surface area contributed by atoms with Crippen molar-refractivity contribution < 1.29 is 28.6 Å². The van der Waals surface area contributed by atoms with Crippen molar-refractivity contribution in [3.05, 3.63) is 83.9 Å². The van der Waals surface area contributed by atoms with E-state index in [9.17, 15) is 14.4 Å². The Morgan fingerprint density at radius 1 is 0.976 bits per heavy atom. The molecule has 2 heterocycles. The summed E-state index contributed by atoms with van der Waals surface area (Å²) >= 11 is 0. The zero-order valence-corrected chi connectivity index (χ0v) is 23.5. The number of benzene rings is 3. The number of fused-ring (bicyclic) bond motifs is 1. The highest BCUT2D eigenvalue weighted by atomic mass is 16.5. The molecular formula is C32H35N3O6. The van der Waals surface area contributed by atoms with Gasteiger partial charge in [0.2, 0.25) is 5.91 Å². The maximum atomic E-state index is 13.8. The van der Waals surface area contributed by atoms with E-state index in [-0.39, 0.29) is 37.6 Å². The highest BCUT2D eigenvalue weighted by molar-refractivity contribution is 6.03. The van der Waals surface area contributed by atoms with Crippen LogP contribution in [0.5, 0.6) is 5.75 Å². The van der Waals surface area contributed by atoms with Crippen LogP contribution in [0.25, 0.3) is 11.1 Å². The van der Waals surface area contributed by atoms with E-state index in [2.05, 4.69) is 41.3 Å². The van der Waals surface area contributed by atoms with Crippen LogP contribution in [-0.2, 0) is 19.1 Å². The van der Waals surface area contributed by atoms with Gasteiger partial charge in [-0.15, -0.1) is 0 Å². The number of morpholine rings is 1. The van der Waals surface area contributed by atoms with Gasteiger partial charge in [-0.2, -0.15) is 0 Å². The van der Waals surface area contributed by atoms with Gasteiger partial charge in [0.25, 0.3) is 5.91 Å². The number of likely N-dealkylation sites (N-methyl/N-ethyl adjacent to an activating group) is 1. The lowest BCUT2D eigenvalue weighted by Crippen LogP contribution is -2.48. The summed E-state index contributed by atoms with van der Waals surface area (Å²) < 4.78 is 16.2. The van der Waals surface area contributed by atoms with Crippen molar-refractivity contribution >= 4 is 23.5 Å². The highest BCUT2D eigenvalue weighted by Crippen LogP contribution is 2.34. The van der Waals surface area contributed by atoms with E-state index in [1.165, 1.54) is 4.90 Å². The third kappa shape index (κ3) is 6.58. The van der Waals surface area contributed by atoms with Crippen LogP contribution in [-0.4, -0.2) is 87.2 Å². The smallest absolute Gasteiger partial charge is 0.338 e. The normalized spacial score (nSPS) is 16.0. The number of carbonyl (C=O) groups excluding carboxylic acids is 3. The van der Waals surface area contributed by atoms with Crippen LogP contribution in [0, 0.1) is 0 Å². The SMILES string of the molecule is CCOC(=O)c1ccc2c(c1)N(CC(=O)N(C)C(CN1CCOCC1)c1ccc(-c3ccccc3)cc1)C(=O)CO2. The Balaban J connectivity index is 1.39. The minimum absolute atomic E-state index is 0.180. The molecule has 1 saturated heterocycles. The lowest BCUT2D eigenvalue weighted by Gasteiger charge is -2.37. The summed E-state index contributed by atoms with van der Waals surface area (Å²) in [5.41, 5.74) is 3.90. The predicted octanol–water partition coefficient (Wildman–Crippen LogP) is 3.79. The number of carbonyl (C=O) groups is 3. The quantitative estimate of drug-likeness (QED) is 0.370. The fraction of sp³-hybridized carbons (Fsp3) is 0.344. The second kappa shape index (κ2) is 13.0. The Bertz CT molecular complexity index is 1370. The molecule has 41 heavy (non-hydrogen) atoms. The molecule has 2 aliphatic heterocycles. The molecule has 0 radical (unpaired) electrons. The maximum Gasteiger partial charge on any atom is 0.338 e. The molecule has 0 N–H and O–H groups in total. The Morgan fingerprint density at radius 2 is 1.68 bits per heavy atom. The molecule has 2 aliphatic rings. The van der Waals surface area contributed by atoms with E-state index in [0.717, 1.165) is 29.8 Å². The van der Waals surface area contributed by atoms with E-state index >= 15 is 0 Å². The monoisotopic (exact) mass is 557 g/mol. The van der Waals surface area contributed by atoms with Gasteiger partial charge in [0.05, 0.1) is 37.1 Å². The van der Waals surface area contributed by atoms with Gasteiger partial charge in [-0.1, -0.05) is 54.6 Å². The Kier molecular flexibility index (Phi) is 8.96. The van der Waals surface area contributed by atoms with Gasteiger partial charge in [0, 0.05) is 26.7 Å². The van der Waals surface area contributed by atoms with E-state index in [4.69, 9.17) is 14.2 Å². The first kappa shape index (κ1) is 28.3. The molecule has 9 heteroatoms. The van der Waals surface area contributed by atoms with Crippen LogP contribution in [0.1, 0.15) is 28.9 Å². The van der Waals surface area contributed by atoms with Crippen molar-refractivity contribution in [2.24, 2.45) is 0 Å². The van der Waals surface area contributed by atoms with Crippen molar-refractivity contribution in [3.63, 3.8) is 0 Å². The number of nitrogens with zero attached hydrogens (tertiary/aromatic N) is 3. The molecule has 0 aliphatic carbocycles. The van der Waals surface area contributed by atoms with Crippen molar-refractivity contribution in [1.82, 2.24) is 9.80 Å². The first-order valence-corrected chi connectivity index (χ1v) is 13.9. The first-order chi connectivity index (χ1) is 19.9. The molecule has 1 atom stereocenters. The lowest BCUT2D eigenvalue weighted by molar-refractivity contribution is -0.133. The van der Waals surface area contributed by atoms with E-state index in [1.807, 2.05) is 18.2 Å². The van der Waals surface area contributed by atoms with Gasteiger partial charge in [-0.3, -0.25) is 19.4 Å². The van der Waals surface area contributed by atoms with Crippen molar-refractivity contribution in [2.75, 3.05) is 64.6 Å². The van der Waals surface area contributed by atoms with Crippen molar-refractivity contribution in [1.29, 1.82) is 0 Å². The average molecular weight is 558 g/mol. The molecule has 0 aromatic heterocycles. The Hall–Kier alpha value is -4.21. The van der Waals surface area contributed by atoms with Crippen LogP contribution in [0.3, 0.4) is 0 Å². The lowest BCUT2D eigenvalue weighted by atomic mass is 9.99. The molecule has 9 nitrogen and oxygen atoms in total. The largest absolute Gasteiger partial charge is 0.482 e. The van der Waals surface area contributed by atoms with Crippen LogP contribution in [0.2, 0.25) is 0 Å². The van der Waals surface area contributed by atoms with E-state index in [0.29, 0.717) is 36.8 Å². The Morgan fingerprint density at radius 3 is 2.39 bits per heavy atom. The van der Waals surface area contributed by atoms with Crippen LogP contribution >= 0.6 is 0 Å². The predicted molar refractivity (Wildman–Crippen MR) is 155 cm³/mol. The standard InChI is InChI=1S/C32H35N3O6/c1-3-40-32(38)26-13-14-29-27(19-26)35(31(37)22-41-29)21-30(36)33(2)28(20-34-15-17-39-18-16-34)25-11-9-24(10-12-25)23-7-5-4-6-8-23/h4-14,19,28H,3,15-18,20-22H2,1-2H3. The third-order valence-corrected chi connectivity index (χ3v) is 7.50. The van der Waals surface area contributed by atoms with Crippen LogP contribution in [0.15, 0.2) is 72.8 Å². The molecule has 0 bridgehead atoms. The van der Waals surface area contributed by atoms with Gasteiger partial charge in [0.1, 0.15) is 12.3 Å². The van der Waals surface area contributed by atoms with Crippen molar-refractivity contribution in [2.45, 2.75) is 13.0 Å². The van der Waals surface area contributed by atoms with Gasteiger partial charge < -0.3 is 19.1 Å². The minimum atomic E-state index is -0.499. The van der Waals surface area contributed by atoms with Gasteiger partial charge in [-0.25, -0.2) is 4.79 Å². The van der Waals surface area contributed by atoms with Gasteiger partial charge >= 0.3 is 5.97 Å². The van der Waals surface area contributed by atoms with E-state index < -0.39 is 5.97 Å². The number of esters is 1. The molecule has 2 amide bonds. The fourth-order valence-electron chi connectivity index (χ4n) is 5.15. The number of amides is 2. The molecule has 5 rings (SSSR count).